The number of amides is 3. The van der Waals surface area contributed by atoms with E-state index in [1.807, 2.05) is 61.2 Å². The summed E-state index contributed by atoms with van der Waals surface area (Å²) in [5.41, 5.74) is 0.697. The molecule has 2 fully saturated rings. The van der Waals surface area contributed by atoms with Gasteiger partial charge in [-0.2, -0.15) is 0 Å². The second-order valence-corrected chi connectivity index (χ2v) is 14.0. The minimum atomic E-state index is -1.25. The molecule has 1 spiro atoms. The Labute approximate surface area is 269 Å². The molecule has 0 bridgehead atoms. The molecule has 3 heterocycles. The first-order chi connectivity index (χ1) is 20.5. The van der Waals surface area contributed by atoms with Crippen LogP contribution in [0, 0.1) is 5.41 Å². The van der Waals surface area contributed by atoms with Crippen molar-refractivity contribution in [1.29, 1.82) is 0 Å². The van der Waals surface area contributed by atoms with E-state index >= 15 is 0 Å². The topological polar surface area (TPSA) is 87.7 Å². The van der Waals surface area contributed by atoms with Gasteiger partial charge in [-0.3, -0.25) is 14.4 Å². The minimum absolute atomic E-state index is 0.0492. The van der Waals surface area contributed by atoms with E-state index in [0.29, 0.717) is 27.0 Å². The summed E-state index contributed by atoms with van der Waals surface area (Å²) in [6.07, 6.45) is 2.09. The fourth-order valence-electron chi connectivity index (χ4n) is 6.81. The zero-order valence-electron chi connectivity index (χ0n) is 23.9. The van der Waals surface area contributed by atoms with Gasteiger partial charge in [0.05, 0.1) is 11.5 Å². The molecule has 7 nitrogen and oxygen atoms in total. The maximum absolute atomic E-state index is 14.4. The Hall–Kier alpha value is -3.07. The molecule has 224 valence electrons. The lowest BCUT2D eigenvalue weighted by Crippen LogP contribution is -2.57. The van der Waals surface area contributed by atoms with Crippen molar-refractivity contribution in [2.24, 2.45) is 5.41 Å². The molecule has 3 aliphatic rings. The minimum Gasteiger partial charge on any atom is -0.492 e. The molecule has 0 radical (unpaired) electrons. The normalized spacial score (nSPS) is 23.2. The lowest BCUT2D eigenvalue weighted by atomic mass is 9.59. The standard InChI is InChI=1S/C33H32BrCl2N3O4/c1-32(2,31(42)39-12-3-4-13-39)18-43-27-11-8-20(34)15-23(27)29-33(24-10-9-22(36)16-26(24)37-30(33)41)25(17-28(40)38-29)19-6-5-7-21(35)14-19/h5-11,14-16,25,29H,3-4,12-13,17-18H2,1-2H3,(H,37,41)(H,38,40)/t25-,29+,33-/m0/s1. The Kier molecular flexibility index (Phi) is 7.98. The fraction of sp³-hybridized carbons (Fsp3) is 0.364. The van der Waals surface area contributed by atoms with Gasteiger partial charge in [0.1, 0.15) is 17.8 Å². The highest BCUT2D eigenvalue weighted by Gasteiger charge is 2.61. The summed E-state index contributed by atoms with van der Waals surface area (Å²) in [5, 5.41) is 7.21. The summed E-state index contributed by atoms with van der Waals surface area (Å²) in [6.45, 7) is 5.41. The van der Waals surface area contributed by atoms with Crippen LogP contribution in [-0.4, -0.2) is 42.3 Å². The molecule has 0 aliphatic carbocycles. The molecule has 2 N–H and O–H groups in total. The van der Waals surface area contributed by atoms with E-state index in [1.54, 1.807) is 18.2 Å². The Balaban J connectivity index is 1.48. The average molecular weight is 685 g/mol. The van der Waals surface area contributed by atoms with Crippen molar-refractivity contribution in [3.05, 3.63) is 91.9 Å². The molecule has 3 amide bonds. The summed E-state index contributed by atoms with van der Waals surface area (Å²) in [4.78, 5) is 43.1. The van der Waals surface area contributed by atoms with Gasteiger partial charge >= 0.3 is 0 Å². The molecule has 0 saturated carbocycles. The highest BCUT2D eigenvalue weighted by atomic mass is 79.9. The third-order valence-electron chi connectivity index (χ3n) is 8.85. The number of benzene rings is 3. The summed E-state index contributed by atoms with van der Waals surface area (Å²) in [5.74, 6) is -0.473. The quantitative estimate of drug-likeness (QED) is 0.292. The second-order valence-electron chi connectivity index (χ2n) is 12.2. The van der Waals surface area contributed by atoms with E-state index in [0.717, 1.165) is 41.5 Å². The van der Waals surface area contributed by atoms with E-state index in [1.165, 1.54) is 0 Å². The summed E-state index contributed by atoms with van der Waals surface area (Å²) >= 11 is 16.4. The summed E-state index contributed by atoms with van der Waals surface area (Å²) < 4.78 is 7.19. The van der Waals surface area contributed by atoms with Gasteiger partial charge in [0.15, 0.2) is 0 Å². The van der Waals surface area contributed by atoms with Gasteiger partial charge in [0.25, 0.3) is 0 Å². The maximum Gasteiger partial charge on any atom is 0.238 e. The van der Waals surface area contributed by atoms with Crippen LogP contribution in [0.3, 0.4) is 0 Å². The molecule has 6 rings (SSSR count). The first-order valence-electron chi connectivity index (χ1n) is 14.4. The molecule has 3 aromatic carbocycles. The van der Waals surface area contributed by atoms with Crippen LogP contribution < -0.4 is 15.4 Å². The molecular formula is C33H32BrCl2N3O4. The van der Waals surface area contributed by atoms with Crippen LogP contribution in [0.1, 0.15) is 61.8 Å². The molecular weight excluding hydrogens is 653 g/mol. The van der Waals surface area contributed by atoms with E-state index in [4.69, 9.17) is 27.9 Å². The first-order valence-corrected chi connectivity index (χ1v) is 15.9. The van der Waals surface area contributed by atoms with Crippen molar-refractivity contribution in [2.75, 3.05) is 25.0 Å². The molecule has 43 heavy (non-hydrogen) atoms. The Morgan fingerprint density at radius 2 is 1.79 bits per heavy atom. The number of nitrogens with one attached hydrogen (secondary N) is 2. The zero-order valence-corrected chi connectivity index (χ0v) is 27.0. The molecule has 3 atom stereocenters. The number of hydrogen-bond donors (Lipinski definition) is 2. The van der Waals surface area contributed by atoms with Crippen LogP contribution in [0.2, 0.25) is 10.0 Å². The molecule has 0 aromatic heterocycles. The van der Waals surface area contributed by atoms with Crippen LogP contribution in [0.4, 0.5) is 5.69 Å². The Bertz CT molecular complexity index is 1620. The van der Waals surface area contributed by atoms with Crippen molar-refractivity contribution in [1.82, 2.24) is 10.2 Å². The number of nitrogens with zero attached hydrogens (tertiary/aromatic N) is 1. The predicted molar refractivity (Wildman–Crippen MR) is 171 cm³/mol. The molecule has 3 aromatic rings. The number of halogens is 3. The Morgan fingerprint density at radius 1 is 1.05 bits per heavy atom. The third-order valence-corrected chi connectivity index (χ3v) is 9.81. The summed E-state index contributed by atoms with van der Waals surface area (Å²) in [7, 11) is 0. The maximum atomic E-state index is 14.4. The number of piperidine rings is 1. The number of ether oxygens (including phenoxy) is 1. The third kappa shape index (κ3) is 5.32. The van der Waals surface area contributed by atoms with E-state index in [-0.39, 0.29) is 30.7 Å². The van der Waals surface area contributed by atoms with Crippen molar-refractivity contribution in [2.45, 2.75) is 50.5 Å². The van der Waals surface area contributed by atoms with Gasteiger partial charge < -0.3 is 20.3 Å². The van der Waals surface area contributed by atoms with Gasteiger partial charge in [-0.15, -0.1) is 0 Å². The van der Waals surface area contributed by atoms with Crippen molar-refractivity contribution in [3.8, 4) is 5.75 Å². The molecule has 3 aliphatic heterocycles. The van der Waals surface area contributed by atoms with Crippen molar-refractivity contribution >= 4 is 62.5 Å². The lowest BCUT2D eigenvalue weighted by molar-refractivity contribution is -0.140. The van der Waals surface area contributed by atoms with Gasteiger partial charge in [-0.1, -0.05) is 57.3 Å². The smallest absolute Gasteiger partial charge is 0.238 e. The van der Waals surface area contributed by atoms with Crippen LogP contribution >= 0.6 is 39.1 Å². The van der Waals surface area contributed by atoms with E-state index < -0.39 is 22.8 Å². The summed E-state index contributed by atoms with van der Waals surface area (Å²) in [6, 6.07) is 17.4. The number of anilines is 1. The largest absolute Gasteiger partial charge is 0.492 e. The SMILES string of the molecule is CC(C)(COc1ccc(Br)cc1[C@H]1NC(=O)C[C@@H](c2cccc(Cl)c2)[C@]12C(=O)Nc1cc(Cl)ccc12)C(=O)N1CCCC1. The number of fused-ring (bicyclic) bond motifs is 2. The highest BCUT2D eigenvalue weighted by molar-refractivity contribution is 9.10. The van der Waals surface area contributed by atoms with Crippen LogP contribution in [0.25, 0.3) is 0 Å². The highest BCUT2D eigenvalue weighted by Crippen LogP contribution is 2.58. The molecule has 10 heteroatoms. The number of hydrogen-bond acceptors (Lipinski definition) is 4. The van der Waals surface area contributed by atoms with Crippen LogP contribution in [-0.2, 0) is 19.8 Å². The van der Waals surface area contributed by atoms with E-state index in [9.17, 15) is 14.4 Å². The fourth-order valence-corrected chi connectivity index (χ4v) is 7.56. The van der Waals surface area contributed by atoms with Gasteiger partial charge in [-0.05, 0) is 80.3 Å². The van der Waals surface area contributed by atoms with Crippen molar-refractivity contribution < 1.29 is 19.1 Å². The Morgan fingerprint density at radius 3 is 2.53 bits per heavy atom. The van der Waals surface area contributed by atoms with Gasteiger partial charge in [0, 0.05) is 51.2 Å². The number of likely N-dealkylation sites (tertiary alicyclic amines) is 1. The average Bonchev–Trinajstić information content (AvgIpc) is 3.60. The predicted octanol–water partition coefficient (Wildman–Crippen LogP) is 7.02. The molecule has 0 unspecified atom stereocenters. The number of rotatable bonds is 6. The number of carbonyl (C=O) groups is 3. The zero-order chi connectivity index (χ0) is 30.5. The van der Waals surface area contributed by atoms with Crippen LogP contribution in [0.5, 0.6) is 5.75 Å². The van der Waals surface area contributed by atoms with E-state index in [2.05, 4.69) is 26.6 Å². The van der Waals surface area contributed by atoms with Crippen LogP contribution in [0.15, 0.2) is 65.1 Å². The first kappa shape index (κ1) is 30.0. The lowest BCUT2D eigenvalue weighted by Gasteiger charge is -2.46. The number of carbonyl (C=O) groups excluding carboxylic acids is 3. The van der Waals surface area contributed by atoms with Gasteiger partial charge in [-0.25, -0.2) is 0 Å². The van der Waals surface area contributed by atoms with Gasteiger partial charge in [0.2, 0.25) is 17.7 Å². The van der Waals surface area contributed by atoms with Crippen molar-refractivity contribution in [3.63, 3.8) is 0 Å². The molecule has 2 saturated heterocycles. The second kappa shape index (κ2) is 11.5. The monoisotopic (exact) mass is 683 g/mol.